The maximum absolute atomic E-state index is 12.8. The molecule has 0 spiro atoms. The zero-order chi connectivity index (χ0) is 20.2. The first-order chi connectivity index (χ1) is 14.1. The van der Waals surface area contributed by atoms with Gasteiger partial charge < -0.3 is 15.1 Å². The van der Waals surface area contributed by atoms with Crippen molar-refractivity contribution in [3.63, 3.8) is 0 Å². The molecular formula is C23H31N5O. The summed E-state index contributed by atoms with van der Waals surface area (Å²) in [7, 11) is 1.83. The number of anilines is 3. The molecule has 1 aromatic heterocycles. The van der Waals surface area contributed by atoms with Crippen molar-refractivity contribution in [2.75, 3.05) is 36.4 Å². The van der Waals surface area contributed by atoms with Gasteiger partial charge in [0.25, 0.3) is 5.91 Å². The monoisotopic (exact) mass is 393 g/mol. The maximum atomic E-state index is 12.8. The van der Waals surface area contributed by atoms with Gasteiger partial charge in [-0.3, -0.25) is 9.48 Å². The molecule has 154 valence electrons. The average Bonchev–Trinajstić information content (AvgIpc) is 2.95. The van der Waals surface area contributed by atoms with Gasteiger partial charge in [0.15, 0.2) is 0 Å². The van der Waals surface area contributed by atoms with Gasteiger partial charge in [-0.2, -0.15) is 5.10 Å². The molecular weight excluding hydrogens is 362 g/mol. The standard InChI is InChI=1S/C23H31N5O/c1-18-21-22(26(2)25-18)23(29)24-19-12-6-7-13-20(19)28(21)17-11-4-3-8-14-27-15-9-5-10-16-27/h4,6-7,11-13H,3,5,8-10,14-17H2,1-2H3,(H,24,29)/b11-4-. The van der Waals surface area contributed by atoms with E-state index >= 15 is 0 Å². The zero-order valence-electron chi connectivity index (χ0n) is 17.5. The molecule has 1 aromatic carbocycles. The molecule has 0 saturated carbocycles. The van der Waals surface area contributed by atoms with E-state index in [-0.39, 0.29) is 5.91 Å². The summed E-state index contributed by atoms with van der Waals surface area (Å²) in [5, 5.41) is 7.54. The van der Waals surface area contributed by atoms with E-state index in [0.29, 0.717) is 5.69 Å². The third kappa shape index (κ3) is 4.22. The van der Waals surface area contributed by atoms with Gasteiger partial charge >= 0.3 is 0 Å². The lowest BCUT2D eigenvalue weighted by Crippen LogP contribution is -2.30. The van der Waals surface area contributed by atoms with E-state index in [4.69, 9.17) is 0 Å². The third-order valence-corrected chi connectivity index (χ3v) is 5.87. The van der Waals surface area contributed by atoms with Crippen molar-refractivity contribution >= 4 is 23.0 Å². The largest absolute Gasteiger partial charge is 0.332 e. The summed E-state index contributed by atoms with van der Waals surface area (Å²) in [5.41, 5.74) is 4.22. The highest BCUT2D eigenvalue weighted by molar-refractivity contribution is 6.11. The number of carbonyl (C=O) groups excluding carboxylic acids is 1. The number of amides is 1. The molecule has 0 radical (unpaired) electrons. The van der Waals surface area contributed by atoms with E-state index in [9.17, 15) is 4.79 Å². The first-order valence-corrected chi connectivity index (χ1v) is 10.7. The van der Waals surface area contributed by atoms with Crippen molar-refractivity contribution in [2.24, 2.45) is 7.05 Å². The Hall–Kier alpha value is -2.60. The van der Waals surface area contributed by atoms with Crippen molar-refractivity contribution in [3.05, 3.63) is 47.8 Å². The number of nitrogens with zero attached hydrogens (tertiary/aromatic N) is 4. The summed E-state index contributed by atoms with van der Waals surface area (Å²) in [5.74, 6) is -0.108. The molecule has 6 nitrogen and oxygen atoms in total. The fourth-order valence-electron chi connectivity index (χ4n) is 4.44. The van der Waals surface area contributed by atoms with Gasteiger partial charge in [-0.15, -0.1) is 0 Å². The molecule has 1 N–H and O–H groups in total. The van der Waals surface area contributed by atoms with Crippen LogP contribution in [0.1, 0.15) is 48.3 Å². The van der Waals surface area contributed by atoms with Crippen LogP contribution >= 0.6 is 0 Å². The summed E-state index contributed by atoms with van der Waals surface area (Å²) >= 11 is 0. The van der Waals surface area contributed by atoms with E-state index < -0.39 is 0 Å². The Morgan fingerprint density at radius 3 is 2.76 bits per heavy atom. The molecule has 3 heterocycles. The highest BCUT2D eigenvalue weighted by atomic mass is 16.2. The van der Waals surface area contributed by atoms with E-state index in [1.807, 2.05) is 32.2 Å². The van der Waals surface area contributed by atoms with Gasteiger partial charge in [-0.25, -0.2) is 0 Å². The van der Waals surface area contributed by atoms with E-state index in [1.165, 1.54) is 45.3 Å². The van der Waals surface area contributed by atoms with Crippen LogP contribution in [0.4, 0.5) is 17.1 Å². The van der Waals surface area contributed by atoms with Crippen molar-refractivity contribution in [3.8, 4) is 0 Å². The topological polar surface area (TPSA) is 53.4 Å². The minimum atomic E-state index is -0.108. The van der Waals surface area contributed by atoms with Crippen molar-refractivity contribution in [2.45, 2.75) is 39.0 Å². The summed E-state index contributed by atoms with van der Waals surface area (Å²) < 4.78 is 1.68. The smallest absolute Gasteiger partial charge is 0.276 e. The lowest BCUT2D eigenvalue weighted by atomic mass is 10.1. The Morgan fingerprint density at radius 1 is 1.14 bits per heavy atom. The van der Waals surface area contributed by atoms with Crippen LogP contribution in [0, 0.1) is 6.92 Å². The highest BCUT2D eigenvalue weighted by Crippen LogP contribution is 2.39. The molecule has 2 aliphatic rings. The van der Waals surface area contributed by atoms with Crippen LogP contribution in [0.15, 0.2) is 36.4 Å². The van der Waals surface area contributed by atoms with E-state index in [0.717, 1.165) is 35.7 Å². The van der Waals surface area contributed by atoms with Crippen molar-refractivity contribution in [1.82, 2.24) is 14.7 Å². The number of piperidine rings is 1. The molecule has 29 heavy (non-hydrogen) atoms. The number of hydrogen-bond acceptors (Lipinski definition) is 4. The number of hydrogen-bond donors (Lipinski definition) is 1. The molecule has 2 aliphatic heterocycles. The number of aromatic nitrogens is 2. The van der Waals surface area contributed by atoms with Gasteiger partial charge in [0.1, 0.15) is 5.69 Å². The lowest BCUT2D eigenvalue weighted by Gasteiger charge is -2.26. The van der Waals surface area contributed by atoms with E-state index in [2.05, 4.69) is 38.4 Å². The SMILES string of the molecule is Cc1nn(C)c2c1N(C/C=C\CCCN1CCCCC1)c1ccccc1NC2=O. The number of benzene rings is 1. The number of nitrogens with one attached hydrogen (secondary N) is 1. The summed E-state index contributed by atoms with van der Waals surface area (Å²) in [4.78, 5) is 17.6. The molecule has 2 aromatic rings. The lowest BCUT2D eigenvalue weighted by molar-refractivity contribution is 0.101. The van der Waals surface area contributed by atoms with Gasteiger partial charge in [0, 0.05) is 13.6 Å². The van der Waals surface area contributed by atoms with Crippen LogP contribution in [0.25, 0.3) is 0 Å². The first-order valence-electron chi connectivity index (χ1n) is 10.7. The number of allylic oxidation sites excluding steroid dienone is 1. The number of likely N-dealkylation sites (tertiary alicyclic amines) is 1. The predicted molar refractivity (Wildman–Crippen MR) is 118 cm³/mol. The fraction of sp³-hybridized carbons (Fsp3) is 0.478. The maximum Gasteiger partial charge on any atom is 0.276 e. The van der Waals surface area contributed by atoms with Gasteiger partial charge in [-0.05, 0) is 64.4 Å². The number of rotatable bonds is 6. The average molecular weight is 394 g/mol. The molecule has 1 fully saturated rings. The number of fused-ring (bicyclic) bond motifs is 2. The van der Waals surface area contributed by atoms with E-state index in [1.54, 1.807) is 4.68 Å². The molecule has 1 amide bonds. The van der Waals surface area contributed by atoms with Crippen LogP contribution < -0.4 is 10.2 Å². The fourth-order valence-corrected chi connectivity index (χ4v) is 4.44. The normalized spacial score (nSPS) is 17.2. The van der Waals surface area contributed by atoms with Crippen LogP contribution in [0.5, 0.6) is 0 Å². The molecule has 0 atom stereocenters. The second kappa shape index (κ2) is 8.82. The quantitative estimate of drug-likeness (QED) is 0.589. The highest BCUT2D eigenvalue weighted by Gasteiger charge is 2.30. The van der Waals surface area contributed by atoms with Crippen LogP contribution in [0.3, 0.4) is 0 Å². The first kappa shape index (κ1) is 19.7. The summed E-state index contributed by atoms with van der Waals surface area (Å²) in [6.07, 6.45) is 10.9. The molecule has 0 bridgehead atoms. The number of para-hydroxylation sites is 2. The Bertz CT molecular complexity index is 895. The van der Waals surface area contributed by atoms with Gasteiger partial charge in [-0.1, -0.05) is 30.7 Å². The second-order valence-electron chi connectivity index (χ2n) is 8.00. The molecule has 4 rings (SSSR count). The summed E-state index contributed by atoms with van der Waals surface area (Å²) in [6, 6.07) is 7.98. The third-order valence-electron chi connectivity index (χ3n) is 5.87. The Kier molecular flexibility index (Phi) is 6.00. The van der Waals surface area contributed by atoms with Crippen LogP contribution in [0.2, 0.25) is 0 Å². The Morgan fingerprint density at radius 2 is 1.93 bits per heavy atom. The molecule has 0 aliphatic carbocycles. The summed E-state index contributed by atoms with van der Waals surface area (Å²) in [6.45, 7) is 6.41. The Balaban J connectivity index is 1.47. The predicted octanol–water partition coefficient (Wildman–Crippen LogP) is 4.25. The second-order valence-corrected chi connectivity index (χ2v) is 8.00. The van der Waals surface area contributed by atoms with Crippen LogP contribution in [-0.4, -0.2) is 46.8 Å². The molecule has 1 saturated heterocycles. The minimum Gasteiger partial charge on any atom is -0.332 e. The number of unbranched alkanes of at least 4 members (excludes halogenated alkanes) is 1. The number of aryl methyl sites for hydroxylation is 2. The van der Waals surface area contributed by atoms with Crippen molar-refractivity contribution in [1.29, 1.82) is 0 Å². The molecule has 0 unspecified atom stereocenters. The van der Waals surface area contributed by atoms with Crippen LogP contribution in [-0.2, 0) is 7.05 Å². The van der Waals surface area contributed by atoms with Crippen molar-refractivity contribution < 1.29 is 4.79 Å². The minimum absolute atomic E-state index is 0.108. The Labute approximate surface area is 173 Å². The van der Waals surface area contributed by atoms with Gasteiger partial charge in [0.05, 0.1) is 22.8 Å². The zero-order valence-corrected chi connectivity index (χ0v) is 17.5. The number of carbonyl (C=O) groups is 1. The van der Waals surface area contributed by atoms with Gasteiger partial charge in [0.2, 0.25) is 0 Å². The molecule has 6 heteroatoms.